The third-order valence-electron chi connectivity index (χ3n) is 7.61. The summed E-state index contributed by atoms with van der Waals surface area (Å²) < 4.78 is 6.79. The van der Waals surface area contributed by atoms with Crippen LogP contribution in [-0.4, -0.2) is 13.1 Å². The second-order valence-electron chi connectivity index (χ2n) is 10.0. The molecule has 0 saturated heterocycles. The predicted molar refractivity (Wildman–Crippen MR) is 153 cm³/mol. The van der Waals surface area contributed by atoms with E-state index in [1.54, 1.807) is 0 Å². The highest BCUT2D eigenvalue weighted by molar-refractivity contribution is 7.03. The van der Waals surface area contributed by atoms with Crippen molar-refractivity contribution in [1.29, 1.82) is 0 Å². The highest BCUT2D eigenvalue weighted by atomic mass is 28.3. The van der Waals surface area contributed by atoms with E-state index >= 15 is 0 Å². The van der Waals surface area contributed by atoms with Crippen LogP contribution in [-0.2, 0) is 0 Å². The topological polar surface area (TPSA) is 22.1 Å². The van der Waals surface area contributed by atoms with E-state index in [1.807, 2.05) is 12.4 Å². The molecule has 2 nitrogen and oxygen atoms in total. The van der Waals surface area contributed by atoms with Gasteiger partial charge in [0.15, 0.2) is 0 Å². The summed E-state index contributed by atoms with van der Waals surface area (Å²) in [7, 11) is -1.69. The van der Waals surface area contributed by atoms with Gasteiger partial charge in [-0.2, -0.15) is 0 Å². The number of aromatic nitrogens is 1. The zero-order valence-electron chi connectivity index (χ0n) is 20.3. The lowest BCUT2D eigenvalue weighted by molar-refractivity contribution is 0.494. The summed E-state index contributed by atoms with van der Waals surface area (Å²) in [5, 5.41) is 7.42. The van der Waals surface area contributed by atoms with Gasteiger partial charge in [-0.3, -0.25) is 4.98 Å². The van der Waals surface area contributed by atoms with Crippen molar-refractivity contribution in [2.24, 2.45) is 0 Å². The molecule has 0 fully saturated rings. The monoisotopic (exact) mass is 479 g/mol. The van der Waals surface area contributed by atoms with E-state index in [1.165, 1.54) is 38.0 Å². The van der Waals surface area contributed by atoms with Gasteiger partial charge in [-0.05, 0) is 56.2 Å². The maximum Gasteiger partial charge on any atom is 0.143 e. The fraction of sp³-hybridized carbons (Fsp3) is 0.0606. The third-order valence-corrected chi connectivity index (χ3v) is 11.2. The third kappa shape index (κ3) is 3.06. The number of nitrogens with zero attached hydrogens (tertiary/aromatic N) is 1. The molecule has 6 aromatic rings. The normalized spacial score (nSPS) is 13.5. The molecule has 36 heavy (non-hydrogen) atoms. The first-order valence-corrected chi connectivity index (χ1v) is 15.4. The van der Waals surface area contributed by atoms with Crippen LogP contribution in [0.3, 0.4) is 0 Å². The number of hydrogen-bond acceptors (Lipinski definition) is 2. The van der Waals surface area contributed by atoms with Gasteiger partial charge in [0.1, 0.15) is 19.6 Å². The average molecular weight is 480 g/mol. The van der Waals surface area contributed by atoms with Crippen molar-refractivity contribution < 1.29 is 4.74 Å². The van der Waals surface area contributed by atoms with Crippen LogP contribution >= 0.6 is 0 Å². The van der Waals surface area contributed by atoms with E-state index in [9.17, 15) is 0 Å². The van der Waals surface area contributed by atoms with E-state index in [0.717, 1.165) is 27.7 Å². The van der Waals surface area contributed by atoms with Crippen LogP contribution in [0.2, 0.25) is 13.1 Å². The van der Waals surface area contributed by atoms with Gasteiger partial charge in [0.05, 0.1) is 0 Å². The maximum absolute atomic E-state index is 6.79. The average Bonchev–Trinajstić information content (AvgIpc) is 3.15. The highest BCUT2D eigenvalue weighted by Crippen LogP contribution is 2.44. The SMILES string of the molecule is C[Si]1(C)c2ccccc2-c2cc(Oc3c4ccccc4c(-c4ccccc4)c4cnccc34)ccc21. The molecule has 0 unspecified atom stereocenters. The molecule has 1 aromatic heterocycles. The summed E-state index contributed by atoms with van der Waals surface area (Å²) in [6.07, 6.45) is 3.82. The number of ether oxygens (including phenoxy) is 1. The second-order valence-corrected chi connectivity index (χ2v) is 14.3. The molecular weight excluding hydrogens is 454 g/mol. The van der Waals surface area contributed by atoms with Crippen molar-refractivity contribution >= 4 is 40.0 Å². The molecule has 0 saturated carbocycles. The minimum absolute atomic E-state index is 0.867. The van der Waals surface area contributed by atoms with E-state index in [2.05, 4.69) is 121 Å². The van der Waals surface area contributed by atoms with Crippen molar-refractivity contribution in [3.63, 3.8) is 0 Å². The summed E-state index contributed by atoms with van der Waals surface area (Å²) in [6.45, 7) is 4.88. The molecule has 7 rings (SSSR count). The Morgan fingerprint density at radius 3 is 2.17 bits per heavy atom. The first kappa shape index (κ1) is 21.1. The van der Waals surface area contributed by atoms with Crippen molar-refractivity contribution in [3.05, 3.63) is 116 Å². The number of pyridine rings is 1. The smallest absolute Gasteiger partial charge is 0.143 e. The molecule has 2 heterocycles. The van der Waals surface area contributed by atoms with Gasteiger partial charge in [0.2, 0.25) is 0 Å². The Hall–Kier alpha value is -4.21. The summed E-state index contributed by atoms with van der Waals surface area (Å²) in [5.41, 5.74) is 5.04. The molecule has 0 atom stereocenters. The molecule has 5 aromatic carbocycles. The molecule has 0 radical (unpaired) electrons. The molecule has 0 spiro atoms. The standard InChI is InChI=1S/C33H25NOSi/c1-36(2)30-15-9-8-12-24(30)28-20-23(16-17-31(28)36)35-33-26-14-7-6-13-25(26)32(22-10-4-3-5-11-22)29-21-34-19-18-27(29)33/h3-21H,1-2H3. The van der Waals surface area contributed by atoms with E-state index < -0.39 is 8.07 Å². The van der Waals surface area contributed by atoms with Gasteiger partial charge in [-0.25, -0.2) is 0 Å². The zero-order chi connectivity index (χ0) is 24.3. The fourth-order valence-electron chi connectivity index (χ4n) is 5.89. The highest BCUT2D eigenvalue weighted by Gasteiger charge is 2.37. The van der Waals surface area contributed by atoms with Crippen LogP contribution in [0, 0.1) is 0 Å². The van der Waals surface area contributed by atoms with Gasteiger partial charge in [0.25, 0.3) is 0 Å². The molecule has 0 aliphatic carbocycles. The van der Waals surface area contributed by atoms with Gasteiger partial charge >= 0.3 is 0 Å². The summed E-state index contributed by atoms with van der Waals surface area (Å²) in [4.78, 5) is 4.49. The van der Waals surface area contributed by atoms with Crippen LogP contribution in [0.5, 0.6) is 11.5 Å². The molecule has 172 valence electrons. The summed E-state index contributed by atoms with van der Waals surface area (Å²) in [6, 6.07) is 36.7. The van der Waals surface area contributed by atoms with Gasteiger partial charge in [-0.1, -0.05) is 98.0 Å². The number of benzene rings is 5. The van der Waals surface area contributed by atoms with Gasteiger partial charge < -0.3 is 4.74 Å². The summed E-state index contributed by atoms with van der Waals surface area (Å²) in [5.74, 6) is 1.75. The van der Waals surface area contributed by atoms with E-state index in [-0.39, 0.29) is 0 Å². The Labute approximate surface area is 211 Å². The first-order chi connectivity index (χ1) is 17.6. The van der Waals surface area contributed by atoms with Crippen molar-refractivity contribution in [1.82, 2.24) is 4.98 Å². The largest absolute Gasteiger partial charge is 0.456 e. The lowest BCUT2D eigenvalue weighted by Gasteiger charge is -2.19. The minimum Gasteiger partial charge on any atom is -0.456 e. The lowest BCUT2D eigenvalue weighted by atomic mass is 9.92. The number of fused-ring (bicyclic) bond motifs is 5. The lowest BCUT2D eigenvalue weighted by Crippen LogP contribution is -2.49. The Balaban J connectivity index is 1.45. The Morgan fingerprint density at radius 2 is 1.31 bits per heavy atom. The van der Waals surface area contributed by atoms with E-state index in [4.69, 9.17) is 4.74 Å². The van der Waals surface area contributed by atoms with Crippen LogP contribution in [0.1, 0.15) is 0 Å². The predicted octanol–water partition coefficient (Wildman–Crippen LogP) is 7.65. The maximum atomic E-state index is 6.79. The van der Waals surface area contributed by atoms with Crippen LogP contribution in [0.15, 0.2) is 116 Å². The second kappa shape index (κ2) is 7.90. The minimum atomic E-state index is -1.69. The van der Waals surface area contributed by atoms with Crippen molar-refractivity contribution in [2.75, 3.05) is 0 Å². The van der Waals surface area contributed by atoms with Crippen LogP contribution in [0.25, 0.3) is 43.8 Å². The molecule has 0 N–H and O–H groups in total. The first-order valence-electron chi connectivity index (χ1n) is 12.4. The van der Waals surface area contributed by atoms with Gasteiger partial charge in [0, 0.05) is 28.6 Å². The number of rotatable bonds is 3. The Kier molecular flexibility index (Phi) is 4.63. The van der Waals surface area contributed by atoms with E-state index in [0.29, 0.717) is 0 Å². The molecule has 3 heteroatoms. The van der Waals surface area contributed by atoms with Crippen molar-refractivity contribution in [3.8, 4) is 33.8 Å². The molecule has 0 amide bonds. The van der Waals surface area contributed by atoms with Crippen molar-refractivity contribution in [2.45, 2.75) is 13.1 Å². The number of hydrogen-bond donors (Lipinski definition) is 0. The quantitative estimate of drug-likeness (QED) is 0.192. The molecule has 1 aliphatic heterocycles. The molecular formula is C33H25NOSi. The van der Waals surface area contributed by atoms with Gasteiger partial charge in [-0.15, -0.1) is 0 Å². The van der Waals surface area contributed by atoms with Crippen LogP contribution < -0.4 is 15.1 Å². The Bertz CT molecular complexity index is 1730. The van der Waals surface area contributed by atoms with Crippen LogP contribution in [0.4, 0.5) is 0 Å². The fourth-order valence-corrected chi connectivity index (χ4v) is 8.96. The summed E-state index contributed by atoms with van der Waals surface area (Å²) >= 11 is 0. The zero-order valence-corrected chi connectivity index (χ0v) is 21.3. The Morgan fingerprint density at radius 1 is 0.611 bits per heavy atom. The molecule has 1 aliphatic rings. The molecule has 0 bridgehead atoms.